The fourth-order valence-corrected chi connectivity index (χ4v) is 1.99. The van der Waals surface area contributed by atoms with Gasteiger partial charge >= 0.3 is 0 Å². The third-order valence-electron chi connectivity index (χ3n) is 2.80. The SMILES string of the molecule is CC(C)C[C@@](C)(O)[C@]1(C)OC[C@H](C)O1. The molecule has 0 aromatic heterocycles. The van der Waals surface area contributed by atoms with Crippen LogP contribution in [0.2, 0.25) is 0 Å². The van der Waals surface area contributed by atoms with E-state index in [0.29, 0.717) is 18.9 Å². The van der Waals surface area contributed by atoms with Crippen molar-refractivity contribution in [3.8, 4) is 0 Å². The number of hydrogen-bond acceptors (Lipinski definition) is 3. The Bertz CT molecular complexity index is 201. The van der Waals surface area contributed by atoms with Gasteiger partial charge in [-0.05, 0) is 33.1 Å². The molecule has 0 aromatic rings. The van der Waals surface area contributed by atoms with Crippen LogP contribution < -0.4 is 0 Å². The molecule has 1 aliphatic heterocycles. The summed E-state index contributed by atoms with van der Waals surface area (Å²) in [6, 6.07) is 0. The second-order valence-electron chi connectivity index (χ2n) is 5.06. The molecule has 1 fully saturated rings. The molecule has 0 bridgehead atoms. The Hall–Kier alpha value is -0.120. The fourth-order valence-electron chi connectivity index (χ4n) is 1.99. The summed E-state index contributed by atoms with van der Waals surface area (Å²) in [6.07, 6.45) is 0.745. The molecule has 1 saturated heterocycles. The van der Waals surface area contributed by atoms with E-state index in [1.54, 1.807) is 6.92 Å². The minimum Gasteiger partial charge on any atom is -0.385 e. The minimum atomic E-state index is -0.925. The van der Waals surface area contributed by atoms with Gasteiger partial charge in [-0.2, -0.15) is 0 Å². The second-order valence-corrected chi connectivity index (χ2v) is 5.06. The third kappa shape index (κ3) is 2.27. The summed E-state index contributed by atoms with van der Waals surface area (Å²) in [5, 5.41) is 10.3. The highest BCUT2D eigenvalue weighted by atomic mass is 16.8. The molecule has 0 radical (unpaired) electrons. The summed E-state index contributed by atoms with van der Waals surface area (Å²) in [6.45, 7) is 10.3. The van der Waals surface area contributed by atoms with Gasteiger partial charge < -0.3 is 14.6 Å². The molecular formula is C11H22O3. The lowest BCUT2D eigenvalue weighted by molar-refractivity contribution is -0.262. The van der Waals surface area contributed by atoms with Crippen LogP contribution in [0.3, 0.4) is 0 Å². The highest BCUT2D eigenvalue weighted by molar-refractivity contribution is 4.92. The molecule has 0 saturated carbocycles. The molecule has 3 atom stereocenters. The normalized spacial score (nSPS) is 37.5. The molecule has 1 aliphatic rings. The van der Waals surface area contributed by atoms with Crippen LogP contribution >= 0.6 is 0 Å². The van der Waals surface area contributed by atoms with Crippen molar-refractivity contribution in [3.05, 3.63) is 0 Å². The molecule has 0 amide bonds. The van der Waals surface area contributed by atoms with Crippen molar-refractivity contribution in [1.29, 1.82) is 0 Å². The molecule has 0 unspecified atom stereocenters. The first-order chi connectivity index (χ1) is 6.27. The number of hydrogen-bond donors (Lipinski definition) is 1. The van der Waals surface area contributed by atoms with Crippen molar-refractivity contribution in [3.63, 3.8) is 0 Å². The van der Waals surface area contributed by atoms with Gasteiger partial charge in [-0.1, -0.05) is 13.8 Å². The van der Waals surface area contributed by atoms with Gasteiger partial charge in [-0.25, -0.2) is 0 Å². The van der Waals surface area contributed by atoms with Gasteiger partial charge in [0.1, 0.15) is 5.60 Å². The largest absolute Gasteiger partial charge is 0.385 e. The van der Waals surface area contributed by atoms with E-state index in [9.17, 15) is 5.11 Å². The van der Waals surface area contributed by atoms with Crippen molar-refractivity contribution >= 4 is 0 Å². The number of aliphatic hydroxyl groups is 1. The van der Waals surface area contributed by atoms with Gasteiger partial charge in [-0.3, -0.25) is 0 Å². The Balaban J connectivity index is 2.70. The van der Waals surface area contributed by atoms with Crippen LogP contribution in [0.15, 0.2) is 0 Å². The first-order valence-corrected chi connectivity index (χ1v) is 5.31. The van der Waals surface area contributed by atoms with E-state index in [2.05, 4.69) is 13.8 Å². The summed E-state index contributed by atoms with van der Waals surface area (Å²) < 4.78 is 11.2. The predicted molar refractivity (Wildman–Crippen MR) is 55.0 cm³/mol. The zero-order valence-corrected chi connectivity index (χ0v) is 9.83. The van der Waals surface area contributed by atoms with Crippen molar-refractivity contribution in [1.82, 2.24) is 0 Å². The molecule has 0 aromatic carbocycles. The van der Waals surface area contributed by atoms with E-state index in [0.717, 1.165) is 0 Å². The summed E-state index contributed by atoms with van der Waals surface area (Å²) in [5.74, 6) is -0.429. The molecule has 3 nitrogen and oxygen atoms in total. The fraction of sp³-hybridized carbons (Fsp3) is 1.00. The van der Waals surface area contributed by atoms with Crippen LogP contribution in [0.25, 0.3) is 0 Å². The molecule has 1 heterocycles. The van der Waals surface area contributed by atoms with Crippen LogP contribution in [-0.2, 0) is 9.47 Å². The van der Waals surface area contributed by atoms with Gasteiger partial charge in [0.2, 0.25) is 0 Å². The average molecular weight is 202 g/mol. The maximum Gasteiger partial charge on any atom is 0.194 e. The van der Waals surface area contributed by atoms with Crippen molar-refractivity contribution < 1.29 is 14.6 Å². The van der Waals surface area contributed by atoms with E-state index in [1.807, 2.05) is 13.8 Å². The molecule has 0 spiro atoms. The molecule has 1 N–H and O–H groups in total. The lowest BCUT2D eigenvalue weighted by Crippen LogP contribution is -2.51. The summed E-state index contributed by atoms with van der Waals surface area (Å²) in [7, 11) is 0. The van der Waals surface area contributed by atoms with Gasteiger partial charge in [0.25, 0.3) is 0 Å². The lowest BCUT2D eigenvalue weighted by Gasteiger charge is -2.39. The second kappa shape index (κ2) is 3.80. The Labute approximate surface area is 86.4 Å². The predicted octanol–water partition coefficient (Wildman–Crippen LogP) is 1.93. The van der Waals surface area contributed by atoms with Gasteiger partial charge in [-0.15, -0.1) is 0 Å². The Morgan fingerprint density at radius 2 is 2.14 bits per heavy atom. The van der Waals surface area contributed by atoms with E-state index in [4.69, 9.17) is 9.47 Å². The third-order valence-corrected chi connectivity index (χ3v) is 2.80. The van der Waals surface area contributed by atoms with Crippen molar-refractivity contribution in [2.75, 3.05) is 6.61 Å². The number of rotatable bonds is 3. The molecule has 84 valence electrons. The molecular weight excluding hydrogens is 180 g/mol. The first kappa shape index (κ1) is 12.0. The maximum atomic E-state index is 10.3. The van der Waals surface area contributed by atoms with Gasteiger partial charge in [0.15, 0.2) is 5.79 Å². The lowest BCUT2D eigenvalue weighted by atomic mass is 9.87. The quantitative estimate of drug-likeness (QED) is 0.760. The van der Waals surface area contributed by atoms with E-state index >= 15 is 0 Å². The zero-order chi connectivity index (χ0) is 11.0. The van der Waals surface area contributed by atoms with Gasteiger partial charge in [0.05, 0.1) is 12.7 Å². The molecule has 14 heavy (non-hydrogen) atoms. The molecule has 3 heteroatoms. The van der Waals surface area contributed by atoms with E-state index in [-0.39, 0.29) is 6.10 Å². The summed E-state index contributed by atoms with van der Waals surface area (Å²) >= 11 is 0. The van der Waals surface area contributed by atoms with Gasteiger partial charge in [0, 0.05) is 0 Å². The van der Waals surface area contributed by atoms with E-state index < -0.39 is 11.4 Å². The average Bonchev–Trinajstić information content (AvgIpc) is 2.29. The smallest absolute Gasteiger partial charge is 0.194 e. The van der Waals surface area contributed by atoms with Crippen molar-refractivity contribution in [2.45, 2.75) is 58.5 Å². The standard InChI is InChI=1S/C11H22O3/c1-8(2)6-10(4,12)11(5)13-7-9(3)14-11/h8-9,12H,6-7H2,1-5H3/t9-,10+,11+/m0/s1. The number of ether oxygens (including phenoxy) is 2. The van der Waals surface area contributed by atoms with Crippen molar-refractivity contribution in [2.24, 2.45) is 5.92 Å². The molecule has 0 aliphatic carbocycles. The van der Waals surface area contributed by atoms with E-state index in [1.165, 1.54) is 0 Å². The maximum absolute atomic E-state index is 10.3. The first-order valence-electron chi connectivity index (χ1n) is 5.31. The zero-order valence-electron chi connectivity index (χ0n) is 9.83. The molecule has 1 rings (SSSR count). The highest BCUT2D eigenvalue weighted by Gasteiger charge is 2.50. The topological polar surface area (TPSA) is 38.7 Å². The summed E-state index contributed by atoms with van der Waals surface area (Å²) in [4.78, 5) is 0. The van der Waals surface area contributed by atoms with Crippen LogP contribution in [0.5, 0.6) is 0 Å². The van der Waals surface area contributed by atoms with Crippen LogP contribution in [-0.4, -0.2) is 29.2 Å². The minimum absolute atomic E-state index is 0.0682. The van der Waals surface area contributed by atoms with Crippen LogP contribution in [0.4, 0.5) is 0 Å². The van der Waals surface area contributed by atoms with Crippen LogP contribution in [0.1, 0.15) is 41.0 Å². The van der Waals surface area contributed by atoms with Crippen LogP contribution in [0, 0.1) is 5.92 Å². The summed E-state index contributed by atoms with van der Waals surface area (Å²) in [5.41, 5.74) is -0.925. The highest BCUT2D eigenvalue weighted by Crippen LogP contribution is 2.37. The Morgan fingerprint density at radius 1 is 1.57 bits per heavy atom. The monoisotopic (exact) mass is 202 g/mol. The Kier molecular flexibility index (Phi) is 3.24. The Morgan fingerprint density at radius 3 is 2.50 bits per heavy atom.